The Balaban J connectivity index is 1.78. The summed E-state index contributed by atoms with van der Waals surface area (Å²) < 4.78 is 12.6. The topological polar surface area (TPSA) is 51.9 Å². The number of rotatable bonds is 4. The summed E-state index contributed by atoms with van der Waals surface area (Å²) in [6, 6.07) is 5.61. The fourth-order valence-electron chi connectivity index (χ4n) is 3.18. The van der Waals surface area contributed by atoms with Crippen molar-refractivity contribution in [1.29, 1.82) is 0 Å². The van der Waals surface area contributed by atoms with E-state index in [1.807, 2.05) is 28.9 Å². The second-order valence-corrected chi connectivity index (χ2v) is 6.41. The van der Waals surface area contributed by atoms with E-state index in [4.69, 9.17) is 26.1 Å². The number of hydrogen-bond acceptors (Lipinski definition) is 5. The Morgan fingerprint density at radius 2 is 1.80 bits per heavy atom. The van der Waals surface area contributed by atoms with Gasteiger partial charge in [-0.3, -0.25) is 4.40 Å². The lowest BCUT2D eigenvalue weighted by Gasteiger charge is -2.15. The van der Waals surface area contributed by atoms with E-state index in [2.05, 4.69) is 9.88 Å². The van der Waals surface area contributed by atoms with Crippen LogP contribution in [0.25, 0.3) is 17.0 Å². The molecule has 3 aromatic rings. The highest BCUT2D eigenvalue weighted by Gasteiger charge is 2.17. The molecule has 6 nitrogen and oxygen atoms in total. The Labute approximate surface area is 151 Å². The molecule has 0 N–H and O–H groups in total. The van der Waals surface area contributed by atoms with Gasteiger partial charge in [-0.15, -0.1) is 0 Å². The highest BCUT2D eigenvalue weighted by molar-refractivity contribution is 6.32. The summed E-state index contributed by atoms with van der Waals surface area (Å²) >= 11 is 6.28. The molecule has 3 heterocycles. The van der Waals surface area contributed by atoms with Crippen molar-refractivity contribution in [3.63, 3.8) is 0 Å². The van der Waals surface area contributed by atoms with E-state index in [-0.39, 0.29) is 0 Å². The molecule has 130 valence electrons. The lowest BCUT2D eigenvalue weighted by molar-refractivity contribution is 0.395. The number of anilines is 1. The number of imidazole rings is 1. The Morgan fingerprint density at radius 1 is 1.04 bits per heavy atom. The normalized spacial score (nSPS) is 14.3. The molecule has 0 bridgehead atoms. The number of benzene rings is 1. The van der Waals surface area contributed by atoms with Crippen LogP contribution in [-0.2, 0) is 0 Å². The number of methoxy groups -OCH3 is 2. The van der Waals surface area contributed by atoms with Crippen molar-refractivity contribution in [2.75, 3.05) is 32.2 Å². The van der Waals surface area contributed by atoms with Crippen molar-refractivity contribution in [2.24, 2.45) is 0 Å². The maximum Gasteiger partial charge on any atom is 0.236 e. The van der Waals surface area contributed by atoms with Crippen molar-refractivity contribution in [1.82, 2.24) is 14.4 Å². The van der Waals surface area contributed by atoms with Crippen LogP contribution in [0.3, 0.4) is 0 Å². The average molecular weight is 359 g/mol. The molecule has 0 saturated carbocycles. The molecule has 0 unspecified atom stereocenters. The van der Waals surface area contributed by atoms with Crippen LogP contribution in [0.2, 0.25) is 5.02 Å². The summed E-state index contributed by atoms with van der Waals surface area (Å²) in [5.41, 5.74) is 1.56. The Morgan fingerprint density at radius 3 is 2.52 bits per heavy atom. The first-order valence-corrected chi connectivity index (χ1v) is 8.60. The van der Waals surface area contributed by atoms with Gasteiger partial charge in [-0.05, 0) is 25.0 Å². The van der Waals surface area contributed by atoms with Crippen molar-refractivity contribution in [2.45, 2.75) is 12.8 Å². The first-order valence-electron chi connectivity index (χ1n) is 8.22. The van der Waals surface area contributed by atoms with Crippen molar-refractivity contribution in [3.05, 3.63) is 35.6 Å². The van der Waals surface area contributed by atoms with E-state index in [1.54, 1.807) is 20.3 Å². The summed E-state index contributed by atoms with van der Waals surface area (Å²) in [5, 5.41) is 0.515. The van der Waals surface area contributed by atoms with E-state index in [0.29, 0.717) is 22.3 Å². The first kappa shape index (κ1) is 16.0. The molecule has 0 aliphatic carbocycles. The molecule has 1 aromatic carbocycles. The van der Waals surface area contributed by atoms with Gasteiger partial charge in [0, 0.05) is 37.1 Å². The molecule has 0 atom stereocenters. The van der Waals surface area contributed by atoms with E-state index in [9.17, 15) is 0 Å². The zero-order valence-corrected chi connectivity index (χ0v) is 15.0. The van der Waals surface area contributed by atoms with Crippen LogP contribution in [0.5, 0.6) is 11.5 Å². The third kappa shape index (κ3) is 2.87. The minimum absolute atomic E-state index is 0.515. The number of halogens is 1. The van der Waals surface area contributed by atoms with Crippen LogP contribution in [0.1, 0.15) is 12.8 Å². The largest absolute Gasteiger partial charge is 0.496 e. The van der Waals surface area contributed by atoms with Gasteiger partial charge >= 0.3 is 0 Å². The smallest absolute Gasteiger partial charge is 0.236 e. The van der Waals surface area contributed by atoms with Crippen molar-refractivity contribution >= 4 is 23.2 Å². The maximum absolute atomic E-state index is 6.28. The monoisotopic (exact) mass is 358 g/mol. The van der Waals surface area contributed by atoms with Crippen LogP contribution >= 0.6 is 11.6 Å². The van der Waals surface area contributed by atoms with Gasteiger partial charge in [0.2, 0.25) is 5.78 Å². The van der Waals surface area contributed by atoms with Crippen LogP contribution in [0, 0.1) is 0 Å². The first-order chi connectivity index (χ1) is 12.2. The van der Waals surface area contributed by atoms with E-state index < -0.39 is 0 Å². The van der Waals surface area contributed by atoms with Crippen molar-refractivity contribution < 1.29 is 9.47 Å². The molecule has 1 saturated heterocycles. The fraction of sp³-hybridized carbons (Fsp3) is 0.333. The highest BCUT2D eigenvalue weighted by atomic mass is 35.5. The van der Waals surface area contributed by atoms with Gasteiger partial charge in [0.25, 0.3) is 0 Å². The zero-order valence-electron chi connectivity index (χ0n) is 14.2. The number of hydrogen-bond donors (Lipinski definition) is 0. The standard InChI is InChI=1S/C18H19ClN4O2/c1-24-15-10-16(25-2)13(19)9-12(15)14-11-23-8-5-17(21-18(23)20-14)22-6-3-4-7-22/h5,8-11H,3-4,6-7H2,1-2H3. The summed E-state index contributed by atoms with van der Waals surface area (Å²) in [4.78, 5) is 11.7. The van der Waals surface area contributed by atoms with Gasteiger partial charge in [-0.2, -0.15) is 4.98 Å². The summed E-state index contributed by atoms with van der Waals surface area (Å²) in [6.45, 7) is 2.11. The molecule has 1 fully saturated rings. The van der Waals surface area contributed by atoms with Gasteiger partial charge in [-0.25, -0.2) is 4.98 Å². The molecule has 1 aliphatic rings. The van der Waals surface area contributed by atoms with E-state index in [0.717, 1.165) is 30.2 Å². The second-order valence-electron chi connectivity index (χ2n) is 6.00. The fourth-order valence-corrected chi connectivity index (χ4v) is 3.42. The summed E-state index contributed by atoms with van der Waals surface area (Å²) in [7, 11) is 3.20. The molecule has 0 radical (unpaired) electrons. The second kappa shape index (κ2) is 6.44. The Kier molecular flexibility index (Phi) is 4.13. The van der Waals surface area contributed by atoms with Crippen molar-refractivity contribution in [3.8, 4) is 22.8 Å². The third-order valence-corrected chi connectivity index (χ3v) is 4.79. The van der Waals surface area contributed by atoms with Crippen LogP contribution < -0.4 is 14.4 Å². The lowest BCUT2D eigenvalue weighted by atomic mass is 10.1. The molecule has 7 heteroatoms. The number of fused-ring (bicyclic) bond motifs is 1. The number of ether oxygens (including phenoxy) is 2. The quantitative estimate of drug-likeness (QED) is 0.712. The Hall–Kier alpha value is -2.47. The SMILES string of the molecule is COc1cc(OC)c(-c2cn3ccc(N4CCCC4)nc3n2)cc1Cl. The molecule has 2 aromatic heterocycles. The predicted molar refractivity (Wildman–Crippen MR) is 98.0 cm³/mol. The molecule has 0 amide bonds. The molecule has 25 heavy (non-hydrogen) atoms. The van der Waals surface area contributed by atoms with Gasteiger partial charge in [0.05, 0.1) is 24.9 Å². The lowest BCUT2D eigenvalue weighted by Crippen LogP contribution is -2.19. The van der Waals surface area contributed by atoms with Crippen LogP contribution in [0.15, 0.2) is 30.6 Å². The van der Waals surface area contributed by atoms with Gasteiger partial charge in [0.1, 0.15) is 17.3 Å². The van der Waals surface area contributed by atoms with E-state index in [1.165, 1.54) is 12.8 Å². The molecule has 0 spiro atoms. The van der Waals surface area contributed by atoms with Gasteiger partial charge in [0.15, 0.2) is 0 Å². The average Bonchev–Trinajstić information content (AvgIpc) is 3.30. The maximum atomic E-state index is 6.28. The van der Waals surface area contributed by atoms with Gasteiger partial charge < -0.3 is 14.4 Å². The van der Waals surface area contributed by atoms with Gasteiger partial charge in [-0.1, -0.05) is 11.6 Å². The number of nitrogens with zero attached hydrogens (tertiary/aromatic N) is 4. The zero-order chi connectivity index (χ0) is 17.4. The minimum Gasteiger partial charge on any atom is -0.496 e. The number of aromatic nitrogens is 3. The third-order valence-electron chi connectivity index (χ3n) is 4.49. The molecular formula is C18H19ClN4O2. The minimum atomic E-state index is 0.515. The molecular weight excluding hydrogens is 340 g/mol. The van der Waals surface area contributed by atoms with Crippen LogP contribution in [0.4, 0.5) is 5.82 Å². The molecule has 1 aliphatic heterocycles. The highest BCUT2D eigenvalue weighted by Crippen LogP contribution is 2.38. The van der Waals surface area contributed by atoms with E-state index >= 15 is 0 Å². The molecule has 4 rings (SSSR count). The summed E-state index contributed by atoms with van der Waals surface area (Å²) in [5.74, 6) is 2.86. The van der Waals surface area contributed by atoms with Crippen LogP contribution in [-0.4, -0.2) is 41.7 Å². The predicted octanol–water partition coefficient (Wildman–Crippen LogP) is 3.67. The summed E-state index contributed by atoms with van der Waals surface area (Å²) in [6.07, 6.45) is 6.35. The Bertz CT molecular complexity index is 919.